The number of hydrogen-bond acceptors (Lipinski definition) is 5. The van der Waals surface area contributed by atoms with E-state index in [9.17, 15) is 19.2 Å². The molecule has 4 aliphatic carbocycles. The van der Waals surface area contributed by atoms with E-state index in [0.29, 0.717) is 40.9 Å². The molecule has 184 valence electrons. The molecule has 5 aliphatic rings. The number of hydrogen-bond donors (Lipinski definition) is 1. The molecule has 0 aromatic heterocycles. The van der Waals surface area contributed by atoms with Crippen molar-refractivity contribution in [3.63, 3.8) is 0 Å². The van der Waals surface area contributed by atoms with Gasteiger partial charge in [-0.1, -0.05) is 31.6 Å². The molecule has 3 fully saturated rings. The molecule has 36 heavy (non-hydrogen) atoms. The van der Waals surface area contributed by atoms with Crippen molar-refractivity contribution >= 4 is 35.1 Å². The van der Waals surface area contributed by atoms with E-state index in [4.69, 9.17) is 4.74 Å². The Balaban J connectivity index is 1.14. The van der Waals surface area contributed by atoms with Crippen LogP contribution in [0.2, 0.25) is 0 Å². The summed E-state index contributed by atoms with van der Waals surface area (Å²) < 4.78 is 5.24. The Morgan fingerprint density at radius 2 is 1.61 bits per heavy atom. The number of amides is 3. The Labute approximate surface area is 209 Å². The number of benzene rings is 2. The summed E-state index contributed by atoms with van der Waals surface area (Å²) in [4.78, 5) is 52.9. The van der Waals surface area contributed by atoms with Crippen LogP contribution < -0.4 is 10.2 Å². The maximum atomic E-state index is 13.3. The summed E-state index contributed by atoms with van der Waals surface area (Å²) in [6.07, 6.45) is 7.17. The number of imide groups is 1. The van der Waals surface area contributed by atoms with Gasteiger partial charge in [0.2, 0.25) is 11.8 Å². The van der Waals surface area contributed by atoms with Crippen LogP contribution in [0.4, 0.5) is 11.4 Å². The maximum Gasteiger partial charge on any atom is 0.338 e. The SMILES string of the molecule is CCCCOC(=O)c1cccc(NC(=O)c2ccc(N3C(=O)[C@@H]4[C@H]5C=C[C@@H]([C@@H]6C[C@H]56)[C@@H]4C3=O)cc2)c1. The molecule has 7 rings (SSSR count). The third-order valence-corrected chi connectivity index (χ3v) is 8.14. The molecule has 0 radical (unpaired) electrons. The first kappa shape index (κ1) is 22.7. The minimum atomic E-state index is -0.426. The summed E-state index contributed by atoms with van der Waals surface area (Å²) in [5, 5.41) is 2.80. The summed E-state index contributed by atoms with van der Waals surface area (Å²) in [6.45, 7) is 2.38. The molecule has 1 heterocycles. The van der Waals surface area contributed by atoms with Crippen molar-refractivity contribution in [2.75, 3.05) is 16.8 Å². The van der Waals surface area contributed by atoms with Gasteiger partial charge in [0.25, 0.3) is 5.91 Å². The number of rotatable bonds is 7. The van der Waals surface area contributed by atoms with Gasteiger partial charge >= 0.3 is 5.97 Å². The summed E-state index contributed by atoms with van der Waals surface area (Å²) in [5.74, 6) is -0.0447. The van der Waals surface area contributed by atoms with E-state index in [0.717, 1.165) is 19.3 Å². The lowest BCUT2D eigenvalue weighted by Gasteiger charge is -2.37. The zero-order chi connectivity index (χ0) is 25.0. The van der Waals surface area contributed by atoms with Crippen molar-refractivity contribution in [3.05, 3.63) is 71.8 Å². The number of nitrogens with one attached hydrogen (secondary N) is 1. The number of ether oxygens (including phenoxy) is 1. The lowest BCUT2D eigenvalue weighted by Crippen LogP contribution is -2.40. The van der Waals surface area contributed by atoms with Crippen LogP contribution in [0.25, 0.3) is 0 Å². The van der Waals surface area contributed by atoms with Crippen molar-refractivity contribution in [1.82, 2.24) is 0 Å². The number of anilines is 2. The zero-order valence-corrected chi connectivity index (χ0v) is 20.1. The standard InChI is InChI=1S/C29H28N2O5/c1-2-3-13-36-29(35)17-5-4-6-18(14-17)30-26(32)16-7-9-19(10-8-16)31-27(33)24-20-11-12-21(23-15-22(20)23)25(24)28(31)34/h4-12,14,20-25H,2-3,13,15H2,1H3,(H,30,32)/t20-,21-,22-,23+,24-,25+/m0/s1. The molecule has 7 nitrogen and oxygen atoms in total. The summed E-state index contributed by atoms with van der Waals surface area (Å²) >= 11 is 0. The van der Waals surface area contributed by atoms with Crippen molar-refractivity contribution in [1.29, 1.82) is 0 Å². The smallest absolute Gasteiger partial charge is 0.338 e. The predicted molar refractivity (Wildman–Crippen MR) is 133 cm³/mol. The lowest BCUT2D eigenvalue weighted by molar-refractivity contribution is -0.124. The summed E-state index contributed by atoms with van der Waals surface area (Å²) in [6, 6.07) is 13.1. The van der Waals surface area contributed by atoms with E-state index in [1.54, 1.807) is 48.5 Å². The fraction of sp³-hybridized carbons (Fsp3) is 0.379. The van der Waals surface area contributed by atoms with Gasteiger partial charge in [-0.15, -0.1) is 0 Å². The number of carbonyl (C=O) groups is 4. The van der Waals surface area contributed by atoms with Crippen LogP contribution in [0.1, 0.15) is 46.9 Å². The van der Waals surface area contributed by atoms with Gasteiger partial charge < -0.3 is 10.1 Å². The van der Waals surface area contributed by atoms with Crippen LogP contribution in [0.5, 0.6) is 0 Å². The lowest BCUT2D eigenvalue weighted by atomic mass is 9.63. The van der Waals surface area contributed by atoms with Crippen molar-refractivity contribution in [2.45, 2.75) is 26.2 Å². The van der Waals surface area contributed by atoms with Crippen molar-refractivity contribution in [3.8, 4) is 0 Å². The highest BCUT2D eigenvalue weighted by Gasteiger charge is 2.67. The third-order valence-electron chi connectivity index (χ3n) is 8.14. The molecule has 1 N–H and O–H groups in total. The predicted octanol–water partition coefficient (Wildman–Crippen LogP) is 4.45. The summed E-state index contributed by atoms with van der Waals surface area (Å²) in [7, 11) is 0. The van der Waals surface area contributed by atoms with Gasteiger partial charge in [-0.2, -0.15) is 0 Å². The quantitative estimate of drug-likeness (QED) is 0.271. The fourth-order valence-corrected chi connectivity index (χ4v) is 6.29. The third kappa shape index (κ3) is 3.65. The average Bonchev–Trinajstić information content (AvgIpc) is 3.67. The number of allylic oxidation sites excluding steroid dienone is 2. The molecular formula is C29H28N2O5. The Kier molecular flexibility index (Phi) is 5.51. The zero-order valence-electron chi connectivity index (χ0n) is 20.1. The van der Waals surface area contributed by atoms with Gasteiger partial charge in [0.05, 0.1) is 29.7 Å². The Morgan fingerprint density at radius 1 is 0.944 bits per heavy atom. The number of carbonyl (C=O) groups excluding carboxylic acids is 4. The van der Waals surface area contributed by atoms with Crippen LogP contribution in [-0.2, 0) is 14.3 Å². The molecule has 2 aromatic rings. The first-order chi connectivity index (χ1) is 17.5. The highest BCUT2D eigenvalue weighted by Crippen LogP contribution is 2.65. The monoisotopic (exact) mass is 484 g/mol. The van der Waals surface area contributed by atoms with Crippen LogP contribution in [0, 0.1) is 35.5 Å². The van der Waals surface area contributed by atoms with E-state index in [1.807, 2.05) is 6.92 Å². The van der Waals surface area contributed by atoms with E-state index in [-0.39, 0.29) is 41.4 Å². The highest BCUT2D eigenvalue weighted by atomic mass is 16.5. The first-order valence-electron chi connectivity index (χ1n) is 12.7. The molecule has 7 heteroatoms. The topological polar surface area (TPSA) is 92.8 Å². The Morgan fingerprint density at radius 3 is 2.25 bits per heavy atom. The molecule has 2 bridgehead atoms. The second-order valence-corrected chi connectivity index (χ2v) is 10.2. The molecule has 1 saturated heterocycles. The van der Waals surface area contributed by atoms with Gasteiger partial charge in [-0.05, 0) is 79.0 Å². The van der Waals surface area contributed by atoms with Crippen LogP contribution in [-0.4, -0.2) is 30.3 Å². The van der Waals surface area contributed by atoms with Gasteiger partial charge in [-0.3, -0.25) is 19.3 Å². The second-order valence-electron chi connectivity index (χ2n) is 10.2. The molecule has 2 saturated carbocycles. The normalized spacial score (nSPS) is 29.1. The Bertz CT molecular complexity index is 1250. The van der Waals surface area contributed by atoms with E-state index >= 15 is 0 Å². The first-order valence-corrected chi connectivity index (χ1v) is 12.7. The van der Waals surface area contributed by atoms with Crippen LogP contribution >= 0.6 is 0 Å². The highest BCUT2D eigenvalue weighted by molar-refractivity contribution is 6.22. The second kappa shape index (κ2) is 8.73. The van der Waals surface area contributed by atoms with Gasteiger partial charge in [0.1, 0.15) is 0 Å². The fourth-order valence-electron chi connectivity index (χ4n) is 6.29. The molecule has 0 unspecified atom stereocenters. The maximum absolute atomic E-state index is 13.3. The molecule has 0 spiro atoms. The van der Waals surface area contributed by atoms with Crippen molar-refractivity contribution < 1.29 is 23.9 Å². The largest absolute Gasteiger partial charge is 0.462 e. The summed E-state index contributed by atoms with van der Waals surface area (Å²) in [5.41, 5.74) is 1.73. The van der Waals surface area contributed by atoms with Gasteiger partial charge in [-0.25, -0.2) is 4.79 Å². The van der Waals surface area contributed by atoms with E-state index in [1.165, 1.54) is 4.90 Å². The molecule has 2 aromatic carbocycles. The molecule has 6 atom stereocenters. The number of esters is 1. The Hall–Kier alpha value is -3.74. The molecule has 1 aliphatic heterocycles. The van der Waals surface area contributed by atoms with Crippen molar-refractivity contribution in [2.24, 2.45) is 35.5 Å². The number of nitrogens with zero attached hydrogens (tertiary/aromatic N) is 1. The van der Waals surface area contributed by atoms with E-state index in [2.05, 4.69) is 17.5 Å². The minimum absolute atomic E-state index is 0.116. The molecule has 3 amide bonds. The van der Waals surface area contributed by atoms with Gasteiger partial charge in [0, 0.05) is 11.3 Å². The van der Waals surface area contributed by atoms with E-state index < -0.39 is 5.97 Å². The minimum Gasteiger partial charge on any atom is -0.462 e. The van der Waals surface area contributed by atoms with Gasteiger partial charge in [0.15, 0.2) is 0 Å². The van der Waals surface area contributed by atoms with Crippen LogP contribution in [0.15, 0.2) is 60.7 Å². The van der Waals surface area contributed by atoms with Crippen LogP contribution in [0.3, 0.4) is 0 Å². The molecular weight excluding hydrogens is 456 g/mol. The number of unbranched alkanes of at least 4 members (excludes halogenated alkanes) is 1. The average molecular weight is 485 g/mol.